The van der Waals surface area contributed by atoms with Crippen LogP contribution in [0.1, 0.15) is 12.5 Å². The fourth-order valence-electron chi connectivity index (χ4n) is 2.64. The summed E-state index contributed by atoms with van der Waals surface area (Å²) < 4.78 is 1.56. The second-order valence-electron chi connectivity index (χ2n) is 4.92. The average Bonchev–Trinajstić information content (AvgIpc) is 2.92. The Balaban J connectivity index is 2.24. The molecule has 4 nitrogen and oxygen atoms in total. The molecule has 1 heterocycles. The molecule has 0 bridgehead atoms. The minimum atomic E-state index is -0.0607. The number of hydrogen-bond donors (Lipinski definition) is 2. The molecule has 2 aromatic carbocycles. The highest BCUT2D eigenvalue weighted by Gasteiger charge is 2.11. The molecular formula is C17H17N3O. The van der Waals surface area contributed by atoms with E-state index < -0.39 is 0 Å². The maximum Gasteiger partial charge on any atom is 0.271 e. The summed E-state index contributed by atoms with van der Waals surface area (Å²) in [6, 6.07) is 15.3. The predicted octanol–water partition coefficient (Wildman–Crippen LogP) is 2.98. The molecule has 0 saturated carbocycles. The van der Waals surface area contributed by atoms with E-state index in [1.165, 1.54) is 6.07 Å². The number of nitrogens with one attached hydrogen (secondary N) is 1. The van der Waals surface area contributed by atoms with Crippen molar-refractivity contribution in [3.63, 3.8) is 0 Å². The Morgan fingerprint density at radius 1 is 1.14 bits per heavy atom. The lowest BCUT2D eigenvalue weighted by Crippen LogP contribution is -2.15. The van der Waals surface area contributed by atoms with Crippen molar-refractivity contribution in [2.45, 2.75) is 13.3 Å². The monoisotopic (exact) mass is 279 g/mol. The normalized spacial score (nSPS) is 10.7. The van der Waals surface area contributed by atoms with Crippen LogP contribution in [0, 0.1) is 0 Å². The van der Waals surface area contributed by atoms with E-state index in [-0.39, 0.29) is 5.56 Å². The Morgan fingerprint density at radius 2 is 1.95 bits per heavy atom. The van der Waals surface area contributed by atoms with Crippen LogP contribution in [0.2, 0.25) is 0 Å². The molecule has 0 saturated heterocycles. The zero-order valence-corrected chi connectivity index (χ0v) is 11.8. The lowest BCUT2D eigenvalue weighted by atomic mass is 9.96. The van der Waals surface area contributed by atoms with Crippen LogP contribution in [0.5, 0.6) is 0 Å². The highest BCUT2D eigenvalue weighted by molar-refractivity contribution is 5.73. The molecule has 0 aliphatic rings. The maximum absolute atomic E-state index is 11.9. The summed E-state index contributed by atoms with van der Waals surface area (Å²) >= 11 is 0. The van der Waals surface area contributed by atoms with Crippen LogP contribution in [-0.2, 0) is 6.42 Å². The van der Waals surface area contributed by atoms with E-state index in [1.54, 1.807) is 10.9 Å². The van der Waals surface area contributed by atoms with Crippen LogP contribution in [-0.4, -0.2) is 9.78 Å². The Kier molecular flexibility index (Phi) is 3.36. The van der Waals surface area contributed by atoms with E-state index in [9.17, 15) is 4.79 Å². The fourth-order valence-corrected chi connectivity index (χ4v) is 2.64. The smallest absolute Gasteiger partial charge is 0.271 e. The lowest BCUT2D eigenvalue weighted by Gasteiger charge is -2.14. The predicted molar refractivity (Wildman–Crippen MR) is 85.6 cm³/mol. The van der Waals surface area contributed by atoms with Crippen molar-refractivity contribution in [3.8, 4) is 16.8 Å². The number of rotatable bonds is 3. The van der Waals surface area contributed by atoms with Gasteiger partial charge in [0, 0.05) is 18.0 Å². The minimum absolute atomic E-state index is 0.0607. The summed E-state index contributed by atoms with van der Waals surface area (Å²) in [5.41, 5.74) is 10.7. The molecule has 1 aromatic heterocycles. The van der Waals surface area contributed by atoms with Gasteiger partial charge in [-0.3, -0.25) is 9.89 Å². The van der Waals surface area contributed by atoms with Gasteiger partial charge in [-0.25, -0.2) is 4.68 Å². The number of nitrogens with zero attached hydrogens (tertiary/aromatic N) is 1. The van der Waals surface area contributed by atoms with Crippen LogP contribution in [0.15, 0.2) is 59.5 Å². The van der Waals surface area contributed by atoms with Gasteiger partial charge in [0.2, 0.25) is 0 Å². The first-order valence-corrected chi connectivity index (χ1v) is 6.95. The number of aromatic amines is 1. The lowest BCUT2D eigenvalue weighted by molar-refractivity contribution is 0.835. The Bertz CT molecular complexity index is 830. The maximum atomic E-state index is 11.9. The van der Waals surface area contributed by atoms with Crippen LogP contribution in [0.3, 0.4) is 0 Å². The molecule has 21 heavy (non-hydrogen) atoms. The molecule has 3 N–H and O–H groups in total. The molecule has 0 aliphatic heterocycles. The van der Waals surface area contributed by atoms with Crippen molar-refractivity contribution in [2.24, 2.45) is 0 Å². The van der Waals surface area contributed by atoms with Gasteiger partial charge in [0.15, 0.2) is 0 Å². The molecule has 0 radical (unpaired) electrons. The van der Waals surface area contributed by atoms with Crippen molar-refractivity contribution in [1.82, 2.24) is 9.78 Å². The molecule has 4 heteroatoms. The molecule has 3 aromatic rings. The third-order valence-corrected chi connectivity index (χ3v) is 3.59. The topological polar surface area (TPSA) is 63.8 Å². The molecule has 0 atom stereocenters. The van der Waals surface area contributed by atoms with Crippen molar-refractivity contribution in [1.29, 1.82) is 0 Å². The third-order valence-electron chi connectivity index (χ3n) is 3.59. The van der Waals surface area contributed by atoms with Gasteiger partial charge in [-0.05, 0) is 41.3 Å². The number of H-pyrrole nitrogens is 1. The fraction of sp³-hybridized carbons (Fsp3) is 0.118. The number of benzene rings is 2. The zero-order valence-electron chi connectivity index (χ0n) is 11.8. The molecular weight excluding hydrogens is 262 g/mol. The quantitative estimate of drug-likeness (QED) is 0.724. The molecule has 0 unspecified atom stereocenters. The number of nitrogen functional groups attached to an aromatic ring is 1. The van der Waals surface area contributed by atoms with Crippen LogP contribution >= 0.6 is 0 Å². The molecule has 0 aliphatic carbocycles. The van der Waals surface area contributed by atoms with E-state index in [4.69, 9.17) is 5.73 Å². The summed E-state index contributed by atoms with van der Waals surface area (Å²) in [5, 5.41) is 2.97. The standard InChI is InChI=1S/C17H17N3O/c1-2-14-15(12-5-3-6-13(18)11-12)7-4-8-16(14)20-17(21)9-10-19-20/h3-11,19H,2,18H2,1H3. The van der Waals surface area contributed by atoms with Crippen molar-refractivity contribution in [2.75, 3.05) is 5.73 Å². The second kappa shape index (κ2) is 5.32. The van der Waals surface area contributed by atoms with Gasteiger partial charge in [-0.2, -0.15) is 0 Å². The number of nitrogens with two attached hydrogens (primary N) is 1. The first kappa shape index (κ1) is 13.2. The molecule has 3 rings (SSSR count). The summed E-state index contributed by atoms with van der Waals surface area (Å²) in [7, 11) is 0. The highest BCUT2D eigenvalue weighted by Crippen LogP contribution is 2.29. The first-order chi connectivity index (χ1) is 10.2. The average molecular weight is 279 g/mol. The van der Waals surface area contributed by atoms with Crippen molar-refractivity contribution < 1.29 is 0 Å². The van der Waals surface area contributed by atoms with E-state index >= 15 is 0 Å². The Hall–Kier alpha value is -2.75. The summed E-state index contributed by atoms with van der Waals surface area (Å²) in [5.74, 6) is 0. The summed E-state index contributed by atoms with van der Waals surface area (Å²) in [6.45, 7) is 2.09. The van der Waals surface area contributed by atoms with Crippen molar-refractivity contribution >= 4 is 5.69 Å². The van der Waals surface area contributed by atoms with Gasteiger partial charge in [0.1, 0.15) is 0 Å². The van der Waals surface area contributed by atoms with E-state index in [0.717, 1.165) is 34.5 Å². The SMILES string of the molecule is CCc1c(-c2cccc(N)c2)cccc1-n1[nH]ccc1=O. The van der Waals surface area contributed by atoms with E-state index in [0.29, 0.717) is 0 Å². The molecule has 0 amide bonds. The third kappa shape index (κ3) is 2.36. The molecule has 0 spiro atoms. The Labute approximate surface area is 122 Å². The van der Waals surface area contributed by atoms with Gasteiger partial charge < -0.3 is 5.73 Å². The highest BCUT2D eigenvalue weighted by atomic mass is 16.1. The van der Waals surface area contributed by atoms with E-state index in [1.807, 2.05) is 36.4 Å². The van der Waals surface area contributed by atoms with Gasteiger partial charge >= 0.3 is 0 Å². The summed E-state index contributed by atoms with van der Waals surface area (Å²) in [6.07, 6.45) is 2.47. The van der Waals surface area contributed by atoms with Crippen LogP contribution in [0.4, 0.5) is 5.69 Å². The minimum Gasteiger partial charge on any atom is -0.399 e. The van der Waals surface area contributed by atoms with Gasteiger partial charge in [0.05, 0.1) is 5.69 Å². The van der Waals surface area contributed by atoms with Gasteiger partial charge in [-0.15, -0.1) is 0 Å². The van der Waals surface area contributed by atoms with Crippen molar-refractivity contribution in [3.05, 3.63) is 70.6 Å². The first-order valence-electron chi connectivity index (χ1n) is 6.95. The number of aromatic nitrogens is 2. The second-order valence-corrected chi connectivity index (χ2v) is 4.92. The molecule has 106 valence electrons. The van der Waals surface area contributed by atoms with E-state index in [2.05, 4.69) is 18.1 Å². The number of anilines is 1. The van der Waals surface area contributed by atoms with Crippen LogP contribution < -0.4 is 11.3 Å². The van der Waals surface area contributed by atoms with Crippen LogP contribution in [0.25, 0.3) is 16.8 Å². The zero-order chi connectivity index (χ0) is 14.8. The number of hydrogen-bond acceptors (Lipinski definition) is 2. The largest absolute Gasteiger partial charge is 0.399 e. The summed E-state index contributed by atoms with van der Waals surface area (Å²) in [4.78, 5) is 11.9. The van der Waals surface area contributed by atoms with Gasteiger partial charge in [0.25, 0.3) is 5.56 Å². The van der Waals surface area contributed by atoms with Gasteiger partial charge in [-0.1, -0.05) is 31.2 Å². The Morgan fingerprint density at radius 3 is 2.62 bits per heavy atom. The molecule has 0 fully saturated rings.